The van der Waals surface area contributed by atoms with E-state index >= 15 is 0 Å². The average Bonchev–Trinajstić information content (AvgIpc) is 3.19. The number of carbonyl (C=O) groups excluding carboxylic acids is 1. The summed E-state index contributed by atoms with van der Waals surface area (Å²) in [4.78, 5) is 28.3. The summed E-state index contributed by atoms with van der Waals surface area (Å²) in [5.74, 6) is -0.167. The molecule has 1 aromatic carbocycles. The van der Waals surface area contributed by atoms with Crippen molar-refractivity contribution in [2.75, 3.05) is 6.61 Å². The van der Waals surface area contributed by atoms with E-state index in [4.69, 9.17) is 4.74 Å². The van der Waals surface area contributed by atoms with Crippen LogP contribution in [0, 0.1) is 5.92 Å². The quantitative estimate of drug-likeness (QED) is 0.744. The smallest absolute Gasteiger partial charge is 0.338 e. The summed E-state index contributed by atoms with van der Waals surface area (Å²) in [7, 11) is 0. The van der Waals surface area contributed by atoms with Gasteiger partial charge in [-0.3, -0.25) is 4.79 Å². The number of hydrogen-bond acceptors (Lipinski definition) is 4. The third-order valence-corrected chi connectivity index (χ3v) is 5.59. The molecule has 6 heteroatoms. The fourth-order valence-corrected chi connectivity index (χ4v) is 4.10. The number of aromatic amines is 1. The number of nitrogens with one attached hydrogen (secondary N) is 1. The van der Waals surface area contributed by atoms with Crippen LogP contribution in [0.5, 0.6) is 0 Å². The van der Waals surface area contributed by atoms with E-state index in [1.165, 1.54) is 4.52 Å². The molecule has 2 aliphatic rings. The predicted molar refractivity (Wildman–Crippen MR) is 90.6 cm³/mol. The molecule has 1 fully saturated rings. The monoisotopic (exact) mass is 335 g/mol. The van der Waals surface area contributed by atoms with E-state index in [1.807, 2.05) is 18.2 Å². The van der Waals surface area contributed by atoms with Gasteiger partial charge in [-0.1, -0.05) is 18.2 Å². The molecule has 0 saturated heterocycles. The van der Waals surface area contributed by atoms with Gasteiger partial charge in [0.05, 0.1) is 18.4 Å². The van der Waals surface area contributed by atoms with E-state index in [1.54, 1.807) is 24.4 Å². The standard InChI is InChI=1S/C19H17N3O3/c23-17-14-10-13(11-25-18(24)12-4-2-1-3-5-12)19(7-8-19)16(14)21-15-6-9-20-22(15)17/h1-6,9,13,21H,7-8,10-11H2. The average molecular weight is 335 g/mol. The van der Waals surface area contributed by atoms with E-state index in [9.17, 15) is 9.59 Å². The fraction of sp³-hybridized carbons (Fsp3) is 0.316. The van der Waals surface area contributed by atoms with Crippen molar-refractivity contribution in [1.82, 2.24) is 14.6 Å². The Labute approximate surface area is 143 Å². The Morgan fingerprint density at radius 1 is 1.28 bits per heavy atom. The third-order valence-electron chi connectivity index (χ3n) is 5.59. The van der Waals surface area contributed by atoms with Crippen molar-refractivity contribution in [3.8, 4) is 0 Å². The summed E-state index contributed by atoms with van der Waals surface area (Å²) in [6, 6.07) is 10.8. The minimum absolute atomic E-state index is 0.0442. The van der Waals surface area contributed by atoms with Crippen LogP contribution < -0.4 is 5.56 Å². The van der Waals surface area contributed by atoms with Crippen LogP contribution in [0.1, 0.15) is 34.5 Å². The summed E-state index contributed by atoms with van der Waals surface area (Å²) in [5.41, 5.74) is 2.98. The zero-order chi connectivity index (χ0) is 17.0. The lowest BCUT2D eigenvalue weighted by Crippen LogP contribution is -2.23. The van der Waals surface area contributed by atoms with E-state index in [0.717, 1.165) is 29.7 Å². The third kappa shape index (κ3) is 2.06. The van der Waals surface area contributed by atoms with Crippen molar-refractivity contribution >= 4 is 11.6 Å². The fourth-order valence-electron chi connectivity index (χ4n) is 4.10. The molecular formula is C19H17N3O3. The van der Waals surface area contributed by atoms with Gasteiger partial charge in [-0.2, -0.15) is 9.61 Å². The van der Waals surface area contributed by atoms with Crippen molar-refractivity contribution in [2.24, 2.45) is 5.92 Å². The highest BCUT2D eigenvalue weighted by atomic mass is 16.5. The zero-order valence-electron chi connectivity index (χ0n) is 13.6. The first-order valence-corrected chi connectivity index (χ1v) is 8.50. The molecule has 6 nitrogen and oxygen atoms in total. The maximum atomic E-state index is 12.7. The van der Waals surface area contributed by atoms with Gasteiger partial charge in [0.15, 0.2) is 0 Å². The molecule has 0 amide bonds. The summed E-state index contributed by atoms with van der Waals surface area (Å²) in [6.45, 7) is 0.331. The Hall–Kier alpha value is -2.89. The van der Waals surface area contributed by atoms with E-state index < -0.39 is 0 Å². The predicted octanol–water partition coefficient (Wildman–Crippen LogP) is 2.08. The molecule has 2 aromatic heterocycles. The van der Waals surface area contributed by atoms with Crippen LogP contribution in [0.4, 0.5) is 0 Å². The van der Waals surface area contributed by atoms with Crippen LogP contribution in [-0.2, 0) is 16.6 Å². The van der Waals surface area contributed by atoms with E-state index in [2.05, 4.69) is 10.1 Å². The summed E-state index contributed by atoms with van der Waals surface area (Å²) in [6.07, 6.45) is 4.30. The molecule has 0 radical (unpaired) electrons. The van der Waals surface area contributed by atoms with Gasteiger partial charge in [-0.25, -0.2) is 4.79 Å². The second kappa shape index (κ2) is 5.05. The molecule has 2 aliphatic carbocycles. The second-order valence-electron chi connectivity index (χ2n) is 6.93. The number of carbonyl (C=O) groups is 1. The number of H-pyrrole nitrogens is 1. The van der Waals surface area contributed by atoms with Gasteiger partial charge in [-0.05, 0) is 31.4 Å². The van der Waals surface area contributed by atoms with Crippen LogP contribution in [0.3, 0.4) is 0 Å². The Morgan fingerprint density at radius 2 is 2.08 bits per heavy atom. The molecule has 126 valence electrons. The van der Waals surface area contributed by atoms with E-state index in [-0.39, 0.29) is 22.9 Å². The first-order chi connectivity index (χ1) is 12.2. The van der Waals surface area contributed by atoms with Gasteiger partial charge in [0.1, 0.15) is 5.65 Å². The van der Waals surface area contributed by atoms with Crippen LogP contribution >= 0.6 is 0 Å². The van der Waals surface area contributed by atoms with Crippen LogP contribution in [0.2, 0.25) is 0 Å². The maximum Gasteiger partial charge on any atom is 0.338 e. The SMILES string of the molecule is O=C(OCC1Cc2c([nH]c3ccnn3c2=O)C12CC2)c1ccccc1. The topological polar surface area (TPSA) is 76.5 Å². The molecule has 25 heavy (non-hydrogen) atoms. The van der Waals surface area contributed by atoms with Gasteiger partial charge < -0.3 is 9.72 Å². The lowest BCUT2D eigenvalue weighted by Gasteiger charge is -2.19. The molecule has 1 unspecified atom stereocenters. The maximum absolute atomic E-state index is 12.7. The number of fused-ring (bicyclic) bond motifs is 3. The highest BCUT2D eigenvalue weighted by Gasteiger charge is 2.57. The van der Waals surface area contributed by atoms with Crippen LogP contribution in [0.25, 0.3) is 5.65 Å². The van der Waals surface area contributed by atoms with Crippen LogP contribution in [0.15, 0.2) is 47.4 Å². The number of benzene rings is 1. The molecule has 0 aliphatic heterocycles. The number of rotatable bonds is 3. The van der Waals surface area contributed by atoms with Gasteiger partial charge in [0.2, 0.25) is 0 Å². The molecule has 1 spiro atoms. The normalized spacial score (nSPS) is 19.9. The van der Waals surface area contributed by atoms with Gasteiger partial charge in [0, 0.05) is 28.7 Å². The van der Waals surface area contributed by atoms with Crippen molar-refractivity contribution in [3.63, 3.8) is 0 Å². The molecule has 3 aromatic rings. The first kappa shape index (κ1) is 14.5. The second-order valence-corrected chi connectivity index (χ2v) is 6.93. The molecule has 0 bridgehead atoms. The number of aromatic nitrogens is 3. The Bertz CT molecular complexity index is 1030. The van der Waals surface area contributed by atoms with Crippen molar-refractivity contribution < 1.29 is 9.53 Å². The summed E-state index contributed by atoms with van der Waals surface area (Å²) in [5, 5.41) is 4.09. The molecular weight excluding hydrogens is 318 g/mol. The van der Waals surface area contributed by atoms with Crippen molar-refractivity contribution in [2.45, 2.75) is 24.7 Å². The lowest BCUT2D eigenvalue weighted by molar-refractivity contribution is 0.0419. The molecule has 2 heterocycles. The van der Waals surface area contributed by atoms with E-state index in [0.29, 0.717) is 18.6 Å². The summed E-state index contributed by atoms with van der Waals surface area (Å²) < 4.78 is 6.97. The van der Waals surface area contributed by atoms with Crippen molar-refractivity contribution in [3.05, 3.63) is 69.8 Å². The Morgan fingerprint density at radius 3 is 2.84 bits per heavy atom. The molecule has 1 saturated carbocycles. The van der Waals surface area contributed by atoms with Crippen molar-refractivity contribution in [1.29, 1.82) is 0 Å². The lowest BCUT2D eigenvalue weighted by atomic mass is 9.92. The minimum atomic E-state index is -0.312. The highest BCUT2D eigenvalue weighted by Crippen LogP contribution is 2.58. The number of hydrogen-bond donors (Lipinski definition) is 1. The Kier molecular flexibility index (Phi) is 2.92. The largest absolute Gasteiger partial charge is 0.462 e. The number of esters is 1. The van der Waals surface area contributed by atoms with Gasteiger partial charge >= 0.3 is 5.97 Å². The summed E-state index contributed by atoms with van der Waals surface area (Å²) >= 11 is 0. The molecule has 5 rings (SSSR count). The Balaban J connectivity index is 1.42. The van der Waals surface area contributed by atoms with Gasteiger partial charge in [-0.15, -0.1) is 0 Å². The zero-order valence-corrected chi connectivity index (χ0v) is 13.6. The first-order valence-electron chi connectivity index (χ1n) is 8.50. The minimum Gasteiger partial charge on any atom is -0.462 e. The molecule has 1 N–H and O–H groups in total. The molecule has 1 atom stereocenters. The van der Waals surface area contributed by atoms with Gasteiger partial charge in [0.25, 0.3) is 5.56 Å². The highest BCUT2D eigenvalue weighted by molar-refractivity contribution is 5.89. The number of ether oxygens (including phenoxy) is 1. The number of nitrogens with zero attached hydrogens (tertiary/aromatic N) is 2. The van der Waals surface area contributed by atoms with Crippen LogP contribution in [-0.4, -0.2) is 27.2 Å².